The Morgan fingerprint density at radius 1 is 0.500 bits per heavy atom. The molecular formula is C45H55N5O8. The predicted octanol–water partition coefficient (Wildman–Crippen LogP) is 5.21. The van der Waals surface area contributed by atoms with E-state index in [1.54, 1.807) is 27.7 Å². The molecule has 0 spiro atoms. The third-order valence-corrected chi connectivity index (χ3v) is 9.35. The minimum Gasteiger partial charge on any atom is -0.457 e. The number of nitrogens with one attached hydrogen (secondary N) is 4. The lowest BCUT2D eigenvalue weighted by atomic mass is 9.90. The summed E-state index contributed by atoms with van der Waals surface area (Å²) in [5.74, 6) is -2.66. The molecule has 4 aromatic rings. The Balaban J connectivity index is 1.65. The second-order valence-corrected chi connectivity index (χ2v) is 14.6. The fraction of sp³-hybridized carbons (Fsp3) is 0.356. The SMILES string of the molecule is CC(C)[C@H](NC(=O)OCc1ccccc1)C(=O)NC(Cc1ccccc1)C(OC(=O)CN)C(Cc1ccccc1)NC(=O)[C@@H](NC(=O)OCc1ccccc1)C(C)C. The van der Waals surface area contributed by atoms with Crippen LogP contribution in [0.15, 0.2) is 121 Å². The first kappa shape index (κ1) is 44.5. The summed E-state index contributed by atoms with van der Waals surface area (Å²) in [6.07, 6.45) is -2.44. The number of nitrogens with two attached hydrogens (primary N) is 1. The highest BCUT2D eigenvalue weighted by Gasteiger charge is 2.39. The van der Waals surface area contributed by atoms with Crippen LogP contribution in [0.25, 0.3) is 0 Å². The molecule has 0 aromatic heterocycles. The van der Waals surface area contributed by atoms with Crippen LogP contribution in [0.3, 0.4) is 0 Å². The molecule has 58 heavy (non-hydrogen) atoms. The predicted molar refractivity (Wildman–Crippen MR) is 220 cm³/mol. The van der Waals surface area contributed by atoms with Crippen LogP contribution in [0.1, 0.15) is 49.9 Å². The number of alkyl carbamates (subject to hydrolysis) is 2. The van der Waals surface area contributed by atoms with E-state index in [4.69, 9.17) is 19.9 Å². The molecule has 0 saturated carbocycles. The number of hydrogen-bond acceptors (Lipinski definition) is 9. The van der Waals surface area contributed by atoms with Gasteiger partial charge in [0.1, 0.15) is 31.4 Å². The van der Waals surface area contributed by atoms with E-state index in [1.165, 1.54) is 0 Å². The largest absolute Gasteiger partial charge is 0.457 e. The van der Waals surface area contributed by atoms with Gasteiger partial charge in [0.25, 0.3) is 0 Å². The average Bonchev–Trinajstić information content (AvgIpc) is 3.23. The van der Waals surface area contributed by atoms with Crippen LogP contribution in [-0.2, 0) is 54.6 Å². The standard InChI is InChI=1S/C45H55N5O8/c1-30(2)39(49-44(54)56-28-34-21-13-7-14-22-34)42(52)47-36(25-32-17-9-5-10-18-32)41(58-38(51)27-46)37(26-33-19-11-6-12-20-33)48-43(53)40(31(3)4)50-45(55)57-29-35-23-15-8-16-24-35/h5-24,30-31,36-37,39-41H,25-29,46H2,1-4H3,(H,47,52)(H,48,53)(H,49,54)(H,50,55)/t36?,37?,39-,40-,41?/m0/s1. The summed E-state index contributed by atoms with van der Waals surface area (Å²) in [5, 5.41) is 11.5. The topological polar surface area (TPSA) is 187 Å². The highest BCUT2D eigenvalue weighted by Crippen LogP contribution is 2.19. The Kier molecular flexibility index (Phi) is 17.7. The number of amides is 4. The maximum absolute atomic E-state index is 14.2. The first-order valence-corrected chi connectivity index (χ1v) is 19.5. The summed E-state index contributed by atoms with van der Waals surface area (Å²) < 4.78 is 16.9. The molecule has 6 N–H and O–H groups in total. The molecule has 0 heterocycles. The molecule has 4 amide bonds. The van der Waals surface area contributed by atoms with Gasteiger partial charge in [0, 0.05) is 0 Å². The number of carbonyl (C=O) groups is 5. The first-order valence-electron chi connectivity index (χ1n) is 19.5. The van der Waals surface area contributed by atoms with Gasteiger partial charge in [-0.25, -0.2) is 9.59 Å². The average molecular weight is 794 g/mol. The van der Waals surface area contributed by atoms with Gasteiger partial charge in [-0.1, -0.05) is 149 Å². The number of esters is 1. The molecule has 0 fully saturated rings. The number of carbonyl (C=O) groups excluding carboxylic acids is 5. The van der Waals surface area contributed by atoms with Gasteiger partial charge in [0.2, 0.25) is 11.8 Å². The molecule has 0 aliphatic rings. The fourth-order valence-electron chi connectivity index (χ4n) is 6.28. The van der Waals surface area contributed by atoms with Crippen molar-refractivity contribution in [3.63, 3.8) is 0 Å². The minimum atomic E-state index is -1.19. The van der Waals surface area contributed by atoms with Crippen molar-refractivity contribution in [3.8, 4) is 0 Å². The van der Waals surface area contributed by atoms with E-state index in [0.29, 0.717) is 0 Å². The Labute approximate surface area is 340 Å². The zero-order chi connectivity index (χ0) is 41.9. The van der Waals surface area contributed by atoms with Gasteiger partial charge in [-0.2, -0.15) is 0 Å². The van der Waals surface area contributed by atoms with Crippen molar-refractivity contribution in [2.24, 2.45) is 17.6 Å². The summed E-state index contributed by atoms with van der Waals surface area (Å²) in [5.41, 5.74) is 8.93. The van der Waals surface area contributed by atoms with E-state index in [9.17, 15) is 24.0 Å². The molecule has 0 bridgehead atoms. The van der Waals surface area contributed by atoms with Crippen molar-refractivity contribution < 1.29 is 38.2 Å². The highest BCUT2D eigenvalue weighted by molar-refractivity contribution is 5.87. The maximum Gasteiger partial charge on any atom is 0.408 e. The molecule has 4 aromatic carbocycles. The Morgan fingerprint density at radius 2 is 0.828 bits per heavy atom. The second kappa shape index (κ2) is 23.1. The second-order valence-electron chi connectivity index (χ2n) is 14.6. The van der Waals surface area contributed by atoms with Crippen LogP contribution in [0.5, 0.6) is 0 Å². The zero-order valence-electron chi connectivity index (χ0n) is 33.5. The van der Waals surface area contributed by atoms with Crippen molar-refractivity contribution in [1.82, 2.24) is 21.3 Å². The van der Waals surface area contributed by atoms with Crippen LogP contribution in [0, 0.1) is 11.8 Å². The molecule has 308 valence electrons. The normalized spacial score (nSPS) is 13.6. The molecular weight excluding hydrogens is 739 g/mol. The number of ether oxygens (including phenoxy) is 3. The van der Waals surface area contributed by atoms with Gasteiger partial charge >= 0.3 is 18.2 Å². The van der Waals surface area contributed by atoms with Crippen molar-refractivity contribution in [3.05, 3.63) is 144 Å². The van der Waals surface area contributed by atoms with Gasteiger partial charge in [-0.05, 0) is 46.9 Å². The maximum atomic E-state index is 14.2. The third kappa shape index (κ3) is 14.7. The molecule has 4 atom stereocenters. The summed E-state index contributed by atoms with van der Waals surface area (Å²) in [7, 11) is 0. The van der Waals surface area contributed by atoms with Crippen LogP contribution < -0.4 is 27.0 Å². The quantitative estimate of drug-likeness (QED) is 0.0591. The number of hydrogen-bond donors (Lipinski definition) is 5. The molecule has 4 rings (SSSR count). The van der Waals surface area contributed by atoms with Gasteiger partial charge in [0.05, 0.1) is 18.6 Å². The van der Waals surface area contributed by atoms with Crippen molar-refractivity contribution in [2.45, 2.75) is 84.0 Å². The van der Waals surface area contributed by atoms with E-state index >= 15 is 0 Å². The molecule has 0 saturated heterocycles. The zero-order valence-corrected chi connectivity index (χ0v) is 33.5. The fourth-order valence-corrected chi connectivity index (χ4v) is 6.28. The van der Waals surface area contributed by atoms with Crippen LogP contribution in [0.4, 0.5) is 9.59 Å². The van der Waals surface area contributed by atoms with E-state index < -0.39 is 66.8 Å². The van der Waals surface area contributed by atoms with E-state index in [2.05, 4.69) is 21.3 Å². The molecule has 0 radical (unpaired) electrons. The van der Waals surface area contributed by atoms with Crippen molar-refractivity contribution in [2.75, 3.05) is 6.54 Å². The van der Waals surface area contributed by atoms with Crippen LogP contribution in [-0.4, -0.2) is 66.8 Å². The Morgan fingerprint density at radius 3 is 1.14 bits per heavy atom. The smallest absolute Gasteiger partial charge is 0.408 e. The first-order chi connectivity index (χ1) is 27.9. The summed E-state index contributed by atoms with van der Waals surface area (Å²) in [6, 6.07) is 32.8. The summed E-state index contributed by atoms with van der Waals surface area (Å²) in [6.45, 7) is 6.66. The van der Waals surface area contributed by atoms with Crippen molar-refractivity contribution >= 4 is 30.0 Å². The van der Waals surface area contributed by atoms with Gasteiger partial charge < -0.3 is 41.2 Å². The molecule has 0 aliphatic heterocycles. The van der Waals surface area contributed by atoms with E-state index in [0.717, 1.165) is 22.3 Å². The Hall–Kier alpha value is -6.21. The Bertz CT molecular complexity index is 1750. The van der Waals surface area contributed by atoms with E-state index in [1.807, 2.05) is 121 Å². The van der Waals surface area contributed by atoms with Gasteiger partial charge in [-0.15, -0.1) is 0 Å². The summed E-state index contributed by atoms with van der Waals surface area (Å²) in [4.78, 5) is 67.6. The third-order valence-electron chi connectivity index (χ3n) is 9.35. The molecule has 13 heteroatoms. The van der Waals surface area contributed by atoms with Gasteiger partial charge in [0.15, 0.2) is 0 Å². The van der Waals surface area contributed by atoms with Crippen LogP contribution in [0.2, 0.25) is 0 Å². The van der Waals surface area contributed by atoms with Crippen molar-refractivity contribution in [1.29, 1.82) is 0 Å². The molecule has 13 nitrogen and oxygen atoms in total. The van der Waals surface area contributed by atoms with E-state index in [-0.39, 0.29) is 37.9 Å². The van der Waals surface area contributed by atoms with Gasteiger partial charge in [-0.3, -0.25) is 14.4 Å². The monoisotopic (exact) mass is 793 g/mol. The lowest BCUT2D eigenvalue weighted by Crippen LogP contribution is -2.62. The highest BCUT2D eigenvalue weighted by atomic mass is 16.6. The number of rotatable bonds is 20. The lowest BCUT2D eigenvalue weighted by molar-refractivity contribution is -0.152. The minimum absolute atomic E-state index is 0.00466. The molecule has 2 unspecified atom stereocenters. The number of benzene rings is 4. The lowest BCUT2D eigenvalue weighted by Gasteiger charge is -2.36. The molecule has 0 aliphatic carbocycles. The van der Waals surface area contributed by atoms with Crippen LogP contribution >= 0.6 is 0 Å². The summed E-state index contributed by atoms with van der Waals surface area (Å²) >= 11 is 0.